The zero-order chi connectivity index (χ0) is 18.8. The number of carbonyl (C=O) groups is 1. The van der Waals surface area contributed by atoms with Crippen LogP contribution in [0.15, 0.2) is 30.3 Å². The predicted molar refractivity (Wildman–Crippen MR) is 113 cm³/mol. The Morgan fingerprint density at radius 2 is 1.96 bits per heavy atom. The van der Waals surface area contributed by atoms with Gasteiger partial charge in [0.15, 0.2) is 5.13 Å². The number of para-hydroxylation sites is 1. The minimum Gasteiger partial charge on any atom is -0.308 e. The number of benzene rings is 1. The van der Waals surface area contributed by atoms with Gasteiger partial charge in [-0.25, -0.2) is 4.98 Å². The van der Waals surface area contributed by atoms with Crippen molar-refractivity contribution < 1.29 is 9.72 Å². The Morgan fingerprint density at radius 1 is 1.22 bits per heavy atom. The molecule has 0 fully saturated rings. The second-order valence-corrected chi connectivity index (χ2v) is 8.22. The summed E-state index contributed by atoms with van der Waals surface area (Å²) in [6.07, 6.45) is 0. The largest absolute Gasteiger partial charge is 0.324 e. The van der Waals surface area contributed by atoms with Crippen molar-refractivity contribution >= 4 is 72.9 Å². The molecular weight excluding hydrogens is 431 g/mol. The number of nitro groups is 1. The standard InChI is InChI=1S/C16H15ClN4O3S2.ClH/c1-19(2)8-9-20(15(22)12-6-7-13(25-12)21(23)24)16-18-14-10(17)4-3-5-11(14)26-16;/h3-7H,8-9H2,1-2H3;1H. The maximum Gasteiger partial charge on any atom is 0.324 e. The molecule has 0 saturated carbocycles. The van der Waals surface area contributed by atoms with E-state index in [9.17, 15) is 14.9 Å². The third-order valence-electron chi connectivity index (χ3n) is 3.59. The molecule has 0 aliphatic heterocycles. The number of hydrogen-bond donors (Lipinski definition) is 0. The molecule has 0 saturated heterocycles. The van der Waals surface area contributed by atoms with Crippen LogP contribution in [0, 0.1) is 10.1 Å². The number of hydrogen-bond acceptors (Lipinski definition) is 7. The van der Waals surface area contributed by atoms with Crippen LogP contribution in [0.25, 0.3) is 10.2 Å². The molecule has 1 amide bonds. The lowest BCUT2D eigenvalue weighted by Gasteiger charge is -2.21. The lowest BCUT2D eigenvalue weighted by Crippen LogP contribution is -2.36. The third kappa shape index (κ3) is 4.74. The van der Waals surface area contributed by atoms with Gasteiger partial charge in [-0.1, -0.05) is 40.3 Å². The molecule has 11 heteroatoms. The predicted octanol–water partition coefficient (Wildman–Crippen LogP) is 4.55. The van der Waals surface area contributed by atoms with E-state index in [0.717, 1.165) is 16.0 Å². The molecule has 0 atom stereocenters. The van der Waals surface area contributed by atoms with Gasteiger partial charge in [0.2, 0.25) is 0 Å². The summed E-state index contributed by atoms with van der Waals surface area (Å²) in [5.41, 5.74) is 0.647. The van der Waals surface area contributed by atoms with Crippen LogP contribution in [0.2, 0.25) is 5.02 Å². The molecule has 7 nitrogen and oxygen atoms in total. The quantitative estimate of drug-likeness (QED) is 0.409. The number of likely N-dealkylation sites (N-methyl/N-ethyl adjacent to an activating group) is 1. The van der Waals surface area contributed by atoms with Crippen LogP contribution in [0.3, 0.4) is 0 Å². The number of fused-ring (bicyclic) bond motifs is 1. The van der Waals surface area contributed by atoms with E-state index in [4.69, 9.17) is 11.6 Å². The second-order valence-electron chi connectivity index (χ2n) is 5.74. The van der Waals surface area contributed by atoms with Gasteiger partial charge in [0.05, 0.1) is 19.5 Å². The summed E-state index contributed by atoms with van der Waals surface area (Å²) in [5, 5.41) is 11.9. The second kappa shape index (κ2) is 8.94. The van der Waals surface area contributed by atoms with Crippen LogP contribution >= 0.6 is 46.7 Å². The van der Waals surface area contributed by atoms with E-state index in [1.54, 1.807) is 11.0 Å². The van der Waals surface area contributed by atoms with E-state index >= 15 is 0 Å². The maximum atomic E-state index is 13.0. The molecule has 0 bridgehead atoms. The van der Waals surface area contributed by atoms with Crippen LogP contribution in [0.1, 0.15) is 9.67 Å². The number of thiazole rings is 1. The fourth-order valence-corrected chi connectivity index (χ4v) is 4.34. The van der Waals surface area contributed by atoms with Crippen molar-refractivity contribution in [1.29, 1.82) is 0 Å². The Morgan fingerprint density at radius 3 is 2.56 bits per heavy atom. The number of anilines is 1. The number of aromatic nitrogens is 1. The molecular formula is C16H16Cl2N4O3S2. The van der Waals surface area contributed by atoms with Gasteiger partial charge in [0.1, 0.15) is 5.52 Å². The van der Waals surface area contributed by atoms with Gasteiger partial charge in [0.25, 0.3) is 5.91 Å². The first kappa shape index (κ1) is 21.5. The number of rotatable bonds is 6. The van der Waals surface area contributed by atoms with E-state index in [1.807, 2.05) is 31.1 Å². The van der Waals surface area contributed by atoms with Gasteiger partial charge in [0, 0.05) is 19.2 Å². The average molecular weight is 447 g/mol. The van der Waals surface area contributed by atoms with Crippen LogP contribution in [-0.4, -0.2) is 47.9 Å². The fourth-order valence-electron chi connectivity index (χ4n) is 2.28. The highest BCUT2D eigenvalue weighted by Gasteiger charge is 2.25. The summed E-state index contributed by atoms with van der Waals surface area (Å²) in [6, 6.07) is 8.31. The molecule has 2 aromatic heterocycles. The molecule has 1 aromatic carbocycles. The highest BCUT2D eigenvalue weighted by molar-refractivity contribution is 7.22. The first-order valence-corrected chi connectivity index (χ1v) is 9.64. The molecule has 0 aliphatic carbocycles. The van der Waals surface area contributed by atoms with Crippen molar-refractivity contribution in [3.05, 3.63) is 50.3 Å². The number of thiophene rings is 1. The zero-order valence-electron chi connectivity index (χ0n) is 14.4. The molecule has 3 aromatic rings. The molecule has 0 radical (unpaired) electrons. The van der Waals surface area contributed by atoms with Gasteiger partial charge in [-0.15, -0.1) is 12.4 Å². The molecule has 0 unspecified atom stereocenters. The van der Waals surface area contributed by atoms with Gasteiger partial charge < -0.3 is 4.90 Å². The fraction of sp³-hybridized carbons (Fsp3) is 0.250. The van der Waals surface area contributed by atoms with Gasteiger partial charge >= 0.3 is 5.00 Å². The average Bonchev–Trinajstić information content (AvgIpc) is 3.22. The summed E-state index contributed by atoms with van der Waals surface area (Å²) in [7, 11) is 3.82. The van der Waals surface area contributed by atoms with Gasteiger partial charge in [-0.3, -0.25) is 19.8 Å². The Kier molecular flexibility index (Phi) is 7.12. The number of carbonyl (C=O) groups excluding carboxylic acids is 1. The third-order valence-corrected chi connectivity index (χ3v) is 5.96. The highest BCUT2D eigenvalue weighted by Crippen LogP contribution is 2.34. The lowest BCUT2D eigenvalue weighted by atomic mass is 10.3. The summed E-state index contributed by atoms with van der Waals surface area (Å²) in [6.45, 7) is 1.04. The summed E-state index contributed by atoms with van der Waals surface area (Å²) < 4.78 is 0.882. The number of amides is 1. The zero-order valence-corrected chi connectivity index (χ0v) is 17.6. The van der Waals surface area contributed by atoms with Crippen LogP contribution in [0.5, 0.6) is 0 Å². The SMILES string of the molecule is CN(C)CCN(C(=O)c1ccc([N+](=O)[O-])s1)c1nc2c(Cl)cccc2s1.Cl. The summed E-state index contributed by atoms with van der Waals surface area (Å²) >= 11 is 8.43. The number of halogens is 2. The Labute approximate surface area is 174 Å². The molecule has 0 aliphatic rings. The van der Waals surface area contributed by atoms with Crippen LogP contribution in [0.4, 0.5) is 10.1 Å². The summed E-state index contributed by atoms with van der Waals surface area (Å²) in [5.74, 6) is -0.305. The van der Waals surface area contributed by atoms with Crippen molar-refractivity contribution in [2.24, 2.45) is 0 Å². The van der Waals surface area contributed by atoms with E-state index in [-0.39, 0.29) is 23.3 Å². The highest BCUT2D eigenvalue weighted by atomic mass is 35.5. The molecule has 3 rings (SSSR count). The molecule has 27 heavy (non-hydrogen) atoms. The Hall–Kier alpha value is -1.78. The molecule has 2 heterocycles. The van der Waals surface area contributed by atoms with E-state index < -0.39 is 4.92 Å². The topological polar surface area (TPSA) is 79.6 Å². The molecule has 0 N–H and O–H groups in total. The normalized spacial score (nSPS) is 10.8. The maximum absolute atomic E-state index is 13.0. The van der Waals surface area contributed by atoms with Crippen molar-refractivity contribution in [1.82, 2.24) is 9.88 Å². The Balaban J connectivity index is 0.00000261. The lowest BCUT2D eigenvalue weighted by molar-refractivity contribution is -0.380. The van der Waals surface area contributed by atoms with Crippen molar-refractivity contribution in [2.45, 2.75) is 0 Å². The first-order chi connectivity index (χ1) is 12.4. The molecule has 0 spiro atoms. The van der Waals surface area contributed by atoms with Crippen molar-refractivity contribution in [2.75, 3.05) is 32.1 Å². The monoisotopic (exact) mass is 446 g/mol. The van der Waals surface area contributed by atoms with Gasteiger partial charge in [-0.05, 0) is 32.3 Å². The van der Waals surface area contributed by atoms with Crippen LogP contribution in [-0.2, 0) is 0 Å². The van der Waals surface area contributed by atoms with Gasteiger partial charge in [-0.2, -0.15) is 0 Å². The minimum absolute atomic E-state index is 0. The van der Waals surface area contributed by atoms with E-state index in [2.05, 4.69) is 4.98 Å². The van der Waals surface area contributed by atoms with E-state index in [1.165, 1.54) is 23.5 Å². The minimum atomic E-state index is -0.497. The van der Waals surface area contributed by atoms with Crippen molar-refractivity contribution in [3.63, 3.8) is 0 Å². The first-order valence-electron chi connectivity index (χ1n) is 7.62. The molecule has 144 valence electrons. The van der Waals surface area contributed by atoms with Crippen LogP contribution < -0.4 is 4.90 Å². The number of nitrogens with zero attached hydrogens (tertiary/aromatic N) is 4. The summed E-state index contributed by atoms with van der Waals surface area (Å²) in [4.78, 5) is 31.7. The van der Waals surface area contributed by atoms with Crippen molar-refractivity contribution in [3.8, 4) is 0 Å². The Bertz CT molecular complexity index is 974. The van der Waals surface area contributed by atoms with E-state index in [0.29, 0.717) is 33.6 Å². The smallest absolute Gasteiger partial charge is 0.308 e.